The molecule has 5 aromatic rings. The zero-order valence-corrected chi connectivity index (χ0v) is 21.6. The number of aromatic nitrogens is 3. The molecular weight excluding hydrogens is 478 g/mol. The summed E-state index contributed by atoms with van der Waals surface area (Å²) in [5.41, 5.74) is 6.16. The van der Waals surface area contributed by atoms with Crippen molar-refractivity contribution >= 4 is 17.4 Å². The topological polar surface area (TPSA) is 77.7 Å². The molecule has 0 amide bonds. The molecule has 0 aliphatic carbocycles. The fourth-order valence-corrected chi connectivity index (χ4v) is 5.11. The fraction of sp³-hybridized carbons (Fsp3) is 0.100. The molecule has 0 aliphatic heterocycles. The minimum absolute atomic E-state index is 0.179. The summed E-state index contributed by atoms with van der Waals surface area (Å²) in [4.78, 5) is 20.8. The summed E-state index contributed by atoms with van der Waals surface area (Å²) >= 11 is 1.23. The fourth-order valence-electron chi connectivity index (χ4n) is 4.13. The molecule has 1 N–H and O–H groups in total. The third-order valence-corrected chi connectivity index (χ3v) is 7.27. The number of aryl methyl sites for hydroxylation is 1. The van der Waals surface area contributed by atoms with E-state index in [-0.39, 0.29) is 5.56 Å². The smallest absolute Gasteiger partial charge is 0.285 e. The summed E-state index contributed by atoms with van der Waals surface area (Å²) in [6.45, 7) is 1.86. The Morgan fingerprint density at radius 2 is 1.57 bits per heavy atom. The maximum atomic E-state index is 13.4. The van der Waals surface area contributed by atoms with Crippen molar-refractivity contribution in [3.05, 3.63) is 113 Å². The minimum atomic E-state index is -0.179. The average Bonchev–Trinajstić information content (AvgIpc) is 3.22. The van der Waals surface area contributed by atoms with Crippen LogP contribution in [0.15, 0.2) is 106 Å². The molecule has 37 heavy (non-hydrogen) atoms. The molecule has 0 aliphatic rings. The van der Waals surface area contributed by atoms with Gasteiger partial charge in [-0.3, -0.25) is 9.89 Å². The Bertz CT molecular complexity index is 1650. The van der Waals surface area contributed by atoms with Gasteiger partial charge < -0.3 is 4.90 Å². The summed E-state index contributed by atoms with van der Waals surface area (Å²) in [6.07, 6.45) is 0. The Morgan fingerprint density at radius 1 is 0.919 bits per heavy atom. The number of nitriles is 1. The minimum Gasteiger partial charge on any atom is -0.378 e. The third kappa shape index (κ3) is 4.80. The molecule has 182 valence electrons. The molecule has 0 radical (unpaired) electrons. The summed E-state index contributed by atoms with van der Waals surface area (Å²) < 4.78 is 1.52. The summed E-state index contributed by atoms with van der Waals surface area (Å²) in [7, 11) is 3.98. The van der Waals surface area contributed by atoms with Gasteiger partial charge in [-0.1, -0.05) is 72.4 Å². The van der Waals surface area contributed by atoms with E-state index in [9.17, 15) is 10.1 Å². The van der Waals surface area contributed by atoms with Gasteiger partial charge in [0, 0.05) is 36.6 Å². The van der Waals surface area contributed by atoms with Gasteiger partial charge in [0.25, 0.3) is 5.56 Å². The van der Waals surface area contributed by atoms with E-state index in [0.29, 0.717) is 21.2 Å². The number of hydrogen-bond acceptors (Lipinski definition) is 5. The van der Waals surface area contributed by atoms with Crippen molar-refractivity contribution in [3.63, 3.8) is 0 Å². The lowest BCUT2D eigenvalue weighted by Gasteiger charge is -2.15. The Hall–Kier alpha value is -4.54. The monoisotopic (exact) mass is 503 g/mol. The second-order valence-corrected chi connectivity index (χ2v) is 9.80. The highest BCUT2D eigenvalue weighted by Gasteiger charge is 2.21. The highest BCUT2D eigenvalue weighted by Crippen LogP contribution is 2.37. The van der Waals surface area contributed by atoms with Crippen LogP contribution in [0.3, 0.4) is 0 Å². The molecule has 7 heteroatoms. The van der Waals surface area contributed by atoms with E-state index in [1.807, 2.05) is 117 Å². The Kier molecular flexibility index (Phi) is 6.67. The zero-order chi connectivity index (χ0) is 25.9. The predicted molar refractivity (Wildman–Crippen MR) is 149 cm³/mol. The molecule has 0 saturated carbocycles. The molecule has 2 heterocycles. The molecule has 0 fully saturated rings. The van der Waals surface area contributed by atoms with Crippen molar-refractivity contribution in [3.8, 4) is 34.1 Å². The van der Waals surface area contributed by atoms with Gasteiger partial charge in [-0.2, -0.15) is 5.26 Å². The largest absolute Gasteiger partial charge is 0.378 e. The van der Waals surface area contributed by atoms with E-state index >= 15 is 0 Å². The highest BCUT2D eigenvalue weighted by molar-refractivity contribution is 7.99. The molecule has 3 aromatic carbocycles. The van der Waals surface area contributed by atoms with E-state index < -0.39 is 0 Å². The first-order valence-electron chi connectivity index (χ1n) is 11.8. The number of anilines is 1. The van der Waals surface area contributed by atoms with E-state index in [0.717, 1.165) is 33.8 Å². The van der Waals surface area contributed by atoms with Crippen molar-refractivity contribution in [1.29, 1.82) is 5.26 Å². The number of hydrogen-bond donors (Lipinski definition) is 1. The molecule has 5 rings (SSSR count). The van der Waals surface area contributed by atoms with Crippen LogP contribution in [-0.2, 0) is 0 Å². The Balaban J connectivity index is 1.67. The maximum absolute atomic E-state index is 13.4. The van der Waals surface area contributed by atoms with Crippen LogP contribution >= 0.6 is 11.8 Å². The van der Waals surface area contributed by atoms with Crippen LogP contribution in [0.4, 0.5) is 5.69 Å². The summed E-state index contributed by atoms with van der Waals surface area (Å²) in [6, 6.07) is 31.7. The second-order valence-electron chi connectivity index (χ2n) is 8.80. The molecule has 0 unspecified atom stereocenters. The van der Waals surface area contributed by atoms with Crippen LogP contribution in [0.25, 0.3) is 28.1 Å². The Morgan fingerprint density at radius 3 is 2.19 bits per heavy atom. The number of nitrogens with one attached hydrogen (secondary N) is 1. The van der Waals surface area contributed by atoms with Gasteiger partial charge in [0.1, 0.15) is 16.0 Å². The zero-order valence-electron chi connectivity index (χ0n) is 20.8. The SMILES string of the molecule is Cc1[nH]n(-c2ccccc2)c(=O)c1Sc1nc(-c2ccccc2)cc(-c2ccc(N(C)C)cc2)c1C#N. The van der Waals surface area contributed by atoms with E-state index in [1.165, 1.54) is 16.4 Å². The first-order valence-corrected chi connectivity index (χ1v) is 12.6. The van der Waals surface area contributed by atoms with Gasteiger partial charge in [0.05, 0.1) is 16.9 Å². The number of nitrogens with zero attached hydrogens (tertiary/aromatic N) is 4. The van der Waals surface area contributed by atoms with Gasteiger partial charge in [-0.05, 0) is 42.8 Å². The predicted octanol–water partition coefficient (Wildman–Crippen LogP) is 6.29. The van der Waals surface area contributed by atoms with Crippen molar-refractivity contribution in [2.75, 3.05) is 19.0 Å². The van der Waals surface area contributed by atoms with Gasteiger partial charge in [-0.25, -0.2) is 9.67 Å². The molecule has 0 atom stereocenters. The highest BCUT2D eigenvalue weighted by atomic mass is 32.2. The third-order valence-electron chi connectivity index (χ3n) is 6.09. The first kappa shape index (κ1) is 24.2. The number of H-pyrrole nitrogens is 1. The second kappa shape index (κ2) is 10.2. The van der Waals surface area contributed by atoms with Crippen molar-refractivity contribution in [2.24, 2.45) is 0 Å². The van der Waals surface area contributed by atoms with Crippen molar-refractivity contribution < 1.29 is 0 Å². The van der Waals surface area contributed by atoms with E-state index in [2.05, 4.69) is 11.2 Å². The van der Waals surface area contributed by atoms with Gasteiger partial charge in [-0.15, -0.1) is 0 Å². The lowest BCUT2D eigenvalue weighted by Crippen LogP contribution is -2.15. The number of benzene rings is 3. The molecule has 0 saturated heterocycles. The van der Waals surface area contributed by atoms with E-state index in [4.69, 9.17) is 4.98 Å². The van der Waals surface area contributed by atoms with Crippen LogP contribution in [0, 0.1) is 18.3 Å². The number of rotatable bonds is 6. The average molecular weight is 504 g/mol. The number of aromatic amines is 1. The molecule has 6 nitrogen and oxygen atoms in total. The quantitative estimate of drug-likeness (QED) is 0.295. The molecular formula is C30H25N5OS. The molecule has 2 aromatic heterocycles. The van der Waals surface area contributed by atoms with Crippen LogP contribution in [-0.4, -0.2) is 28.9 Å². The van der Waals surface area contributed by atoms with Gasteiger partial charge >= 0.3 is 0 Å². The lowest BCUT2D eigenvalue weighted by atomic mass is 9.99. The van der Waals surface area contributed by atoms with Gasteiger partial charge in [0.2, 0.25) is 0 Å². The van der Waals surface area contributed by atoms with Crippen LogP contribution in [0.5, 0.6) is 0 Å². The van der Waals surface area contributed by atoms with Crippen LogP contribution in [0.2, 0.25) is 0 Å². The van der Waals surface area contributed by atoms with Crippen LogP contribution in [0.1, 0.15) is 11.3 Å². The number of para-hydroxylation sites is 1. The summed E-state index contributed by atoms with van der Waals surface area (Å²) in [5.74, 6) is 0. The normalized spacial score (nSPS) is 10.8. The Labute approximate surface area is 219 Å². The van der Waals surface area contributed by atoms with E-state index in [1.54, 1.807) is 0 Å². The van der Waals surface area contributed by atoms with Crippen LogP contribution < -0.4 is 10.5 Å². The lowest BCUT2D eigenvalue weighted by molar-refractivity contribution is 0.834. The standard InChI is InChI=1S/C30H25N5OS/c1-20-28(30(36)35(33-20)24-12-8-5-9-13-24)37-29-26(19-31)25(21-14-16-23(17-15-21)34(2)3)18-27(32-29)22-10-6-4-7-11-22/h4-18,33H,1-3H3. The molecule has 0 spiro atoms. The summed E-state index contributed by atoms with van der Waals surface area (Å²) in [5, 5.41) is 13.9. The van der Waals surface area contributed by atoms with Crippen molar-refractivity contribution in [2.45, 2.75) is 16.8 Å². The molecule has 0 bridgehead atoms. The maximum Gasteiger partial charge on any atom is 0.285 e. The van der Waals surface area contributed by atoms with Crippen molar-refractivity contribution in [1.82, 2.24) is 14.8 Å². The first-order chi connectivity index (χ1) is 18.0. The van der Waals surface area contributed by atoms with Gasteiger partial charge in [0.15, 0.2) is 0 Å². The number of pyridine rings is 1.